The molecule has 0 bridgehead atoms. The van der Waals surface area contributed by atoms with Gasteiger partial charge in [-0.3, -0.25) is 14.4 Å². The number of likely N-dealkylation sites (N-methyl/N-ethyl adjacent to an activating group) is 1. The van der Waals surface area contributed by atoms with Crippen LogP contribution < -0.4 is 4.74 Å². The summed E-state index contributed by atoms with van der Waals surface area (Å²) in [6, 6.07) is 13.8. The number of methoxy groups -OCH3 is 1. The average Bonchev–Trinajstić information content (AvgIpc) is 2.97. The topological polar surface area (TPSA) is 66.9 Å². The van der Waals surface area contributed by atoms with Crippen molar-refractivity contribution in [2.24, 2.45) is 5.92 Å². The zero-order chi connectivity index (χ0) is 21.1. The Morgan fingerprint density at radius 3 is 2.38 bits per heavy atom. The van der Waals surface area contributed by atoms with Gasteiger partial charge in [0.2, 0.25) is 5.78 Å². The van der Waals surface area contributed by atoms with Crippen molar-refractivity contribution in [3.05, 3.63) is 65.2 Å². The summed E-state index contributed by atoms with van der Waals surface area (Å²) in [5.74, 6) is -1.96. The van der Waals surface area contributed by atoms with Crippen molar-refractivity contribution in [1.82, 2.24) is 9.80 Å². The first kappa shape index (κ1) is 20.7. The third-order valence-electron chi connectivity index (χ3n) is 5.30. The van der Waals surface area contributed by atoms with E-state index in [-0.39, 0.29) is 5.78 Å². The summed E-state index contributed by atoms with van der Waals surface area (Å²) in [5, 5.41) is 0. The van der Waals surface area contributed by atoms with Crippen LogP contribution in [0.15, 0.2) is 48.5 Å². The zero-order valence-electron chi connectivity index (χ0n) is 17.2. The molecule has 1 amide bonds. The minimum absolute atomic E-state index is 0.338. The fourth-order valence-corrected chi connectivity index (χ4v) is 3.77. The molecule has 1 fully saturated rings. The van der Waals surface area contributed by atoms with Gasteiger partial charge in [-0.1, -0.05) is 30.3 Å². The van der Waals surface area contributed by atoms with E-state index >= 15 is 0 Å². The van der Waals surface area contributed by atoms with Crippen LogP contribution in [0.1, 0.15) is 27.5 Å². The van der Waals surface area contributed by atoms with Crippen LogP contribution in [0.2, 0.25) is 0 Å². The number of amides is 1. The Morgan fingerprint density at radius 2 is 1.79 bits per heavy atom. The van der Waals surface area contributed by atoms with Gasteiger partial charge in [0, 0.05) is 18.7 Å². The summed E-state index contributed by atoms with van der Waals surface area (Å²) < 4.78 is 5.26. The minimum Gasteiger partial charge on any atom is -0.496 e. The molecule has 0 aromatic heterocycles. The summed E-state index contributed by atoms with van der Waals surface area (Å²) in [5.41, 5.74) is 2.00. The van der Waals surface area contributed by atoms with Crippen LogP contribution >= 0.6 is 0 Å². The molecule has 1 aliphatic heterocycles. The second kappa shape index (κ2) is 8.57. The van der Waals surface area contributed by atoms with E-state index in [1.54, 1.807) is 25.3 Å². The van der Waals surface area contributed by atoms with Crippen molar-refractivity contribution in [3.63, 3.8) is 0 Å². The summed E-state index contributed by atoms with van der Waals surface area (Å²) >= 11 is 0. The number of likely N-dealkylation sites (tertiary alicyclic amines) is 1. The van der Waals surface area contributed by atoms with Crippen LogP contribution in [0.5, 0.6) is 5.75 Å². The quantitative estimate of drug-likeness (QED) is 0.410. The van der Waals surface area contributed by atoms with E-state index in [1.807, 2.05) is 56.3 Å². The van der Waals surface area contributed by atoms with Crippen molar-refractivity contribution in [2.45, 2.75) is 13.0 Å². The lowest BCUT2D eigenvalue weighted by Gasteiger charge is -2.28. The molecule has 0 saturated carbocycles. The highest BCUT2D eigenvalue weighted by Gasteiger charge is 2.51. The van der Waals surface area contributed by atoms with Crippen molar-refractivity contribution >= 4 is 17.5 Å². The van der Waals surface area contributed by atoms with E-state index in [9.17, 15) is 14.4 Å². The van der Waals surface area contributed by atoms with Crippen LogP contribution in [-0.2, 0) is 9.59 Å². The lowest BCUT2D eigenvalue weighted by molar-refractivity contribution is -0.140. The first-order valence-corrected chi connectivity index (χ1v) is 9.58. The highest BCUT2D eigenvalue weighted by molar-refractivity contribution is 6.44. The molecule has 3 rings (SSSR count). The van der Waals surface area contributed by atoms with Crippen LogP contribution in [0, 0.1) is 12.8 Å². The van der Waals surface area contributed by atoms with E-state index < -0.39 is 23.7 Å². The molecule has 152 valence electrons. The molecule has 6 nitrogen and oxygen atoms in total. The van der Waals surface area contributed by atoms with Gasteiger partial charge in [0.1, 0.15) is 11.7 Å². The number of Topliss-reactive ketones (excluding diaryl/α,β-unsaturated/α-hetero) is 2. The number of aryl methyl sites for hydroxylation is 1. The minimum atomic E-state index is -1.06. The summed E-state index contributed by atoms with van der Waals surface area (Å²) in [6.45, 7) is 2.82. The normalized spacial score (nSPS) is 19.1. The van der Waals surface area contributed by atoms with Gasteiger partial charge in [0.25, 0.3) is 5.91 Å². The lowest BCUT2D eigenvalue weighted by Crippen LogP contribution is -2.36. The number of carbonyl (C=O) groups excluding carboxylic acids is 3. The second-order valence-electron chi connectivity index (χ2n) is 7.55. The maximum atomic E-state index is 13.4. The number of ether oxygens (including phenoxy) is 1. The van der Waals surface area contributed by atoms with Gasteiger partial charge >= 0.3 is 0 Å². The fraction of sp³-hybridized carbons (Fsp3) is 0.348. The van der Waals surface area contributed by atoms with E-state index in [0.29, 0.717) is 24.4 Å². The number of hydrogen-bond acceptors (Lipinski definition) is 5. The van der Waals surface area contributed by atoms with Crippen molar-refractivity contribution in [2.75, 3.05) is 34.3 Å². The Hall–Kier alpha value is -2.99. The standard InChI is InChI=1S/C23H26N2O4/c1-15-14-17(10-11-18(15)29-4)21(26)19-20(16-8-6-5-7-9-16)25(13-12-24(2)3)23(28)22(19)27/h5-11,14,19-20H,12-13H2,1-4H3. The van der Waals surface area contributed by atoms with Gasteiger partial charge < -0.3 is 14.5 Å². The molecule has 1 saturated heterocycles. The first-order chi connectivity index (χ1) is 13.8. The van der Waals surface area contributed by atoms with Gasteiger partial charge in [0.05, 0.1) is 13.2 Å². The Bertz CT molecular complexity index is 924. The molecule has 1 heterocycles. The molecule has 2 atom stereocenters. The molecular weight excluding hydrogens is 368 g/mol. The first-order valence-electron chi connectivity index (χ1n) is 9.58. The highest BCUT2D eigenvalue weighted by Crippen LogP contribution is 2.38. The number of benzene rings is 2. The molecule has 0 N–H and O–H groups in total. The molecule has 2 aromatic carbocycles. The maximum Gasteiger partial charge on any atom is 0.291 e. The summed E-state index contributed by atoms with van der Waals surface area (Å²) in [7, 11) is 5.38. The molecule has 2 aromatic rings. The summed E-state index contributed by atoms with van der Waals surface area (Å²) in [6.07, 6.45) is 0. The molecule has 0 aliphatic carbocycles. The molecule has 0 spiro atoms. The van der Waals surface area contributed by atoms with Crippen LogP contribution in [0.3, 0.4) is 0 Å². The van der Waals surface area contributed by atoms with Gasteiger partial charge in [-0.25, -0.2) is 0 Å². The van der Waals surface area contributed by atoms with Crippen LogP contribution in [0.25, 0.3) is 0 Å². The van der Waals surface area contributed by atoms with Gasteiger partial charge in [-0.15, -0.1) is 0 Å². The fourth-order valence-electron chi connectivity index (χ4n) is 3.77. The predicted octanol–water partition coefficient (Wildman–Crippen LogP) is 2.52. The van der Waals surface area contributed by atoms with E-state index in [2.05, 4.69) is 0 Å². The summed E-state index contributed by atoms with van der Waals surface area (Å²) in [4.78, 5) is 42.6. The highest BCUT2D eigenvalue weighted by atomic mass is 16.5. The number of carbonyl (C=O) groups is 3. The number of rotatable bonds is 7. The van der Waals surface area contributed by atoms with Crippen molar-refractivity contribution in [1.29, 1.82) is 0 Å². The largest absolute Gasteiger partial charge is 0.496 e. The van der Waals surface area contributed by atoms with E-state index in [0.717, 1.165) is 11.1 Å². The molecule has 0 radical (unpaired) electrons. The molecule has 1 aliphatic rings. The molecule has 2 unspecified atom stereocenters. The smallest absolute Gasteiger partial charge is 0.291 e. The van der Waals surface area contributed by atoms with Crippen LogP contribution in [-0.4, -0.2) is 61.6 Å². The average molecular weight is 394 g/mol. The van der Waals surface area contributed by atoms with Gasteiger partial charge in [-0.05, 0) is 50.3 Å². The third-order valence-corrected chi connectivity index (χ3v) is 5.30. The Kier molecular flexibility index (Phi) is 6.13. The number of nitrogens with zero attached hydrogens (tertiary/aromatic N) is 2. The monoisotopic (exact) mass is 394 g/mol. The molecule has 6 heteroatoms. The Balaban J connectivity index is 2.02. The van der Waals surface area contributed by atoms with Crippen molar-refractivity contribution < 1.29 is 19.1 Å². The molecule has 29 heavy (non-hydrogen) atoms. The number of hydrogen-bond donors (Lipinski definition) is 0. The lowest BCUT2D eigenvalue weighted by atomic mass is 9.86. The third kappa shape index (κ3) is 4.07. The number of ketones is 2. The second-order valence-corrected chi connectivity index (χ2v) is 7.55. The van der Waals surface area contributed by atoms with Crippen LogP contribution in [0.4, 0.5) is 0 Å². The Labute approximate surface area is 171 Å². The van der Waals surface area contributed by atoms with Gasteiger partial charge in [-0.2, -0.15) is 0 Å². The maximum absolute atomic E-state index is 13.4. The predicted molar refractivity (Wildman–Crippen MR) is 110 cm³/mol. The van der Waals surface area contributed by atoms with Crippen molar-refractivity contribution in [3.8, 4) is 5.75 Å². The van der Waals surface area contributed by atoms with E-state index in [1.165, 1.54) is 4.90 Å². The zero-order valence-corrected chi connectivity index (χ0v) is 17.2. The van der Waals surface area contributed by atoms with Gasteiger partial charge in [0.15, 0.2) is 5.78 Å². The molecular formula is C23H26N2O4. The van der Waals surface area contributed by atoms with E-state index in [4.69, 9.17) is 4.74 Å². The Morgan fingerprint density at radius 1 is 1.10 bits per heavy atom. The SMILES string of the molecule is COc1ccc(C(=O)C2C(=O)C(=O)N(CCN(C)C)C2c2ccccc2)cc1C.